The van der Waals surface area contributed by atoms with Gasteiger partial charge in [-0.25, -0.2) is 0 Å². The summed E-state index contributed by atoms with van der Waals surface area (Å²) in [5.41, 5.74) is 5.58. The van der Waals surface area contributed by atoms with Gasteiger partial charge in [-0.3, -0.25) is 4.90 Å². The van der Waals surface area contributed by atoms with Crippen LogP contribution < -0.4 is 5.73 Å². The van der Waals surface area contributed by atoms with Crippen LogP contribution in [0.1, 0.15) is 46.5 Å². The third-order valence-electron chi connectivity index (χ3n) is 2.68. The first-order chi connectivity index (χ1) is 6.26. The molecule has 0 fully saturated rings. The topological polar surface area (TPSA) is 29.3 Å². The summed E-state index contributed by atoms with van der Waals surface area (Å²) >= 11 is 0. The highest BCUT2D eigenvalue weighted by Gasteiger charge is 2.09. The van der Waals surface area contributed by atoms with Gasteiger partial charge in [-0.15, -0.1) is 0 Å². The Hall–Kier alpha value is -0.0800. The number of hydrogen-bond donors (Lipinski definition) is 1. The van der Waals surface area contributed by atoms with Gasteiger partial charge >= 0.3 is 0 Å². The fourth-order valence-corrected chi connectivity index (χ4v) is 1.54. The van der Waals surface area contributed by atoms with E-state index in [4.69, 9.17) is 5.73 Å². The molecule has 2 N–H and O–H groups in total. The van der Waals surface area contributed by atoms with E-state index in [9.17, 15) is 0 Å². The SMILES string of the molecule is CCCCCN(CCN)C(C)CC. The monoisotopic (exact) mass is 186 g/mol. The van der Waals surface area contributed by atoms with Gasteiger partial charge in [0.15, 0.2) is 0 Å². The van der Waals surface area contributed by atoms with Crippen molar-refractivity contribution in [2.75, 3.05) is 19.6 Å². The Morgan fingerprint density at radius 2 is 1.85 bits per heavy atom. The van der Waals surface area contributed by atoms with E-state index in [0.717, 1.165) is 13.1 Å². The van der Waals surface area contributed by atoms with Crippen LogP contribution in [-0.2, 0) is 0 Å². The van der Waals surface area contributed by atoms with E-state index in [0.29, 0.717) is 6.04 Å². The lowest BCUT2D eigenvalue weighted by Gasteiger charge is -2.27. The van der Waals surface area contributed by atoms with Crippen molar-refractivity contribution in [1.82, 2.24) is 4.90 Å². The maximum absolute atomic E-state index is 5.58. The molecule has 0 saturated carbocycles. The highest BCUT2D eigenvalue weighted by atomic mass is 15.1. The highest BCUT2D eigenvalue weighted by Crippen LogP contribution is 2.05. The van der Waals surface area contributed by atoms with Gasteiger partial charge in [-0.05, 0) is 26.3 Å². The van der Waals surface area contributed by atoms with Crippen molar-refractivity contribution < 1.29 is 0 Å². The van der Waals surface area contributed by atoms with Crippen molar-refractivity contribution in [3.63, 3.8) is 0 Å². The third-order valence-corrected chi connectivity index (χ3v) is 2.68. The number of hydrogen-bond acceptors (Lipinski definition) is 2. The molecule has 1 atom stereocenters. The van der Waals surface area contributed by atoms with Gasteiger partial charge in [0.05, 0.1) is 0 Å². The van der Waals surface area contributed by atoms with E-state index in [1.807, 2.05) is 0 Å². The zero-order valence-electron chi connectivity index (χ0n) is 9.55. The first kappa shape index (κ1) is 12.9. The van der Waals surface area contributed by atoms with Crippen molar-refractivity contribution in [2.45, 2.75) is 52.5 Å². The van der Waals surface area contributed by atoms with E-state index in [1.54, 1.807) is 0 Å². The fourth-order valence-electron chi connectivity index (χ4n) is 1.54. The van der Waals surface area contributed by atoms with Crippen LogP contribution in [0.25, 0.3) is 0 Å². The quantitative estimate of drug-likeness (QED) is 0.589. The second-order valence-corrected chi connectivity index (χ2v) is 3.79. The summed E-state index contributed by atoms with van der Waals surface area (Å²) < 4.78 is 0. The molecule has 0 spiro atoms. The van der Waals surface area contributed by atoms with Gasteiger partial charge in [0.25, 0.3) is 0 Å². The Bertz CT molecular complexity index is 104. The summed E-state index contributed by atoms with van der Waals surface area (Å²) in [6.07, 6.45) is 5.20. The van der Waals surface area contributed by atoms with Crippen LogP contribution in [0.4, 0.5) is 0 Å². The lowest BCUT2D eigenvalue weighted by Crippen LogP contribution is -2.37. The van der Waals surface area contributed by atoms with E-state index in [2.05, 4.69) is 25.7 Å². The molecule has 0 saturated heterocycles. The molecule has 0 aliphatic carbocycles. The van der Waals surface area contributed by atoms with Gasteiger partial charge in [-0.1, -0.05) is 26.7 Å². The Kier molecular flexibility index (Phi) is 8.46. The molecule has 0 bridgehead atoms. The molecule has 2 nitrogen and oxygen atoms in total. The van der Waals surface area contributed by atoms with Gasteiger partial charge in [0.2, 0.25) is 0 Å². The van der Waals surface area contributed by atoms with E-state index >= 15 is 0 Å². The van der Waals surface area contributed by atoms with Crippen LogP contribution in [0.2, 0.25) is 0 Å². The first-order valence-corrected chi connectivity index (χ1v) is 5.70. The van der Waals surface area contributed by atoms with Crippen molar-refractivity contribution >= 4 is 0 Å². The van der Waals surface area contributed by atoms with E-state index < -0.39 is 0 Å². The molecular formula is C11H26N2. The fraction of sp³-hybridized carbons (Fsp3) is 1.00. The lowest BCUT2D eigenvalue weighted by atomic mass is 10.2. The summed E-state index contributed by atoms with van der Waals surface area (Å²) in [7, 11) is 0. The summed E-state index contributed by atoms with van der Waals surface area (Å²) in [4.78, 5) is 2.51. The van der Waals surface area contributed by atoms with E-state index in [1.165, 1.54) is 32.2 Å². The lowest BCUT2D eigenvalue weighted by molar-refractivity contribution is 0.205. The van der Waals surface area contributed by atoms with Crippen molar-refractivity contribution in [1.29, 1.82) is 0 Å². The minimum Gasteiger partial charge on any atom is -0.329 e. The van der Waals surface area contributed by atoms with Gasteiger partial charge in [-0.2, -0.15) is 0 Å². The standard InChI is InChI=1S/C11H26N2/c1-4-6-7-9-13(10-8-12)11(3)5-2/h11H,4-10,12H2,1-3H3. The minimum atomic E-state index is 0.695. The Balaban J connectivity index is 3.65. The molecule has 13 heavy (non-hydrogen) atoms. The first-order valence-electron chi connectivity index (χ1n) is 5.70. The zero-order valence-corrected chi connectivity index (χ0v) is 9.55. The molecular weight excluding hydrogens is 160 g/mol. The number of nitrogens with two attached hydrogens (primary N) is 1. The van der Waals surface area contributed by atoms with Crippen LogP contribution in [0.15, 0.2) is 0 Å². The van der Waals surface area contributed by atoms with Gasteiger partial charge < -0.3 is 5.73 Å². The minimum absolute atomic E-state index is 0.695. The molecule has 0 amide bonds. The molecule has 0 aromatic rings. The molecule has 80 valence electrons. The molecule has 0 aliphatic rings. The van der Waals surface area contributed by atoms with E-state index in [-0.39, 0.29) is 0 Å². The Morgan fingerprint density at radius 3 is 2.31 bits per heavy atom. The van der Waals surface area contributed by atoms with Gasteiger partial charge in [0.1, 0.15) is 0 Å². The molecule has 0 aromatic heterocycles. The van der Waals surface area contributed by atoms with Crippen LogP contribution >= 0.6 is 0 Å². The second kappa shape index (κ2) is 8.52. The van der Waals surface area contributed by atoms with Crippen molar-refractivity contribution in [3.05, 3.63) is 0 Å². The zero-order chi connectivity index (χ0) is 10.1. The Morgan fingerprint density at radius 1 is 1.15 bits per heavy atom. The van der Waals surface area contributed by atoms with Crippen LogP contribution in [-0.4, -0.2) is 30.6 Å². The Labute approximate surface area is 83.5 Å². The molecule has 0 radical (unpaired) electrons. The summed E-state index contributed by atoms with van der Waals surface area (Å²) in [5, 5.41) is 0. The van der Waals surface area contributed by atoms with Crippen LogP contribution in [0, 0.1) is 0 Å². The third kappa shape index (κ3) is 6.05. The average molecular weight is 186 g/mol. The summed E-state index contributed by atoms with van der Waals surface area (Å²) in [6, 6.07) is 0.695. The predicted octanol–water partition coefficient (Wildman–Crippen LogP) is 2.24. The largest absolute Gasteiger partial charge is 0.329 e. The molecule has 1 unspecified atom stereocenters. The normalized spacial score (nSPS) is 13.6. The number of unbranched alkanes of at least 4 members (excludes halogenated alkanes) is 2. The van der Waals surface area contributed by atoms with Gasteiger partial charge in [0, 0.05) is 19.1 Å². The van der Waals surface area contributed by atoms with Crippen molar-refractivity contribution in [2.24, 2.45) is 5.73 Å². The summed E-state index contributed by atoms with van der Waals surface area (Å²) in [5.74, 6) is 0. The molecule has 0 heterocycles. The maximum atomic E-state index is 5.58. The molecule has 0 aromatic carbocycles. The maximum Gasteiger partial charge on any atom is 0.0107 e. The second-order valence-electron chi connectivity index (χ2n) is 3.79. The number of rotatable bonds is 8. The summed E-state index contributed by atoms with van der Waals surface area (Å²) in [6.45, 7) is 9.85. The predicted molar refractivity (Wildman–Crippen MR) is 59.9 cm³/mol. The smallest absolute Gasteiger partial charge is 0.0107 e. The molecule has 0 rings (SSSR count). The number of nitrogens with zero attached hydrogens (tertiary/aromatic N) is 1. The average Bonchev–Trinajstić information content (AvgIpc) is 2.16. The van der Waals surface area contributed by atoms with Crippen LogP contribution in [0.5, 0.6) is 0 Å². The van der Waals surface area contributed by atoms with Crippen LogP contribution in [0.3, 0.4) is 0 Å². The molecule has 2 heteroatoms. The molecule has 0 aliphatic heterocycles. The highest BCUT2D eigenvalue weighted by molar-refractivity contribution is 4.65. The van der Waals surface area contributed by atoms with Crippen molar-refractivity contribution in [3.8, 4) is 0 Å².